The average Bonchev–Trinajstić information content (AvgIpc) is 2.36. The van der Waals surface area contributed by atoms with Crippen LogP contribution in [0.4, 0.5) is 4.39 Å². The second-order valence-electron chi connectivity index (χ2n) is 4.39. The third-order valence-corrected chi connectivity index (χ3v) is 4.79. The largest absolute Gasteiger partial charge is 0.342 e. The van der Waals surface area contributed by atoms with Gasteiger partial charge in [-0.25, -0.2) is 17.9 Å². The number of sulfonamides is 1. The van der Waals surface area contributed by atoms with Crippen LogP contribution in [0.25, 0.3) is 0 Å². The molecule has 8 heteroatoms. The number of hydrogen-bond donors (Lipinski definition) is 1. The molecule has 112 valence electrons. The highest BCUT2D eigenvalue weighted by molar-refractivity contribution is 9.10. The molecule has 1 aromatic rings. The normalized spacial score (nSPS) is 11.4. The van der Waals surface area contributed by atoms with E-state index in [1.165, 1.54) is 4.90 Å². The molecule has 2 N–H and O–H groups in total. The lowest BCUT2D eigenvalue weighted by Crippen LogP contribution is -2.28. The van der Waals surface area contributed by atoms with Crippen molar-refractivity contribution in [3.8, 4) is 0 Å². The van der Waals surface area contributed by atoms with Gasteiger partial charge in [-0.3, -0.25) is 4.79 Å². The minimum Gasteiger partial charge on any atom is -0.342 e. The lowest BCUT2D eigenvalue weighted by atomic mass is 10.2. The van der Waals surface area contributed by atoms with Crippen molar-refractivity contribution in [1.82, 2.24) is 4.90 Å². The molecule has 1 amide bonds. The molecule has 0 spiro atoms. The molecule has 0 aromatic heterocycles. The molecule has 0 heterocycles. The fourth-order valence-corrected chi connectivity index (χ4v) is 3.34. The zero-order valence-electron chi connectivity index (χ0n) is 11.2. The third kappa shape index (κ3) is 4.00. The first-order valence-electron chi connectivity index (χ1n) is 5.95. The summed E-state index contributed by atoms with van der Waals surface area (Å²) in [5.74, 6) is -1.29. The van der Waals surface area contributed by atoms with Gasteiger partial charge in [-0.15, -0.1) is 0 Å². The monoisotopic (exact) mass is 366 g/mol. The average molecular weight is 367 g/mol. The van der Waals surface area contributed by atoms with Crippen LogP contribution in [0.5, 0.6) is 0 Å². The van der Waals surface area contributed by atoms with Crippen molar-refractivity contribution in [2.45, 2.75) is 24.7 Å². The summed E-state index contributed by atoms with van der Waals surface area (Å²) in [5.41, 5.74) is -0.0624. The standard InChI is InChI=1S/C12H16BrFN2O3S/c1-3-4-5-16(2)12(17)9-6-8(14)7-10(11(9)13)20(15,18)19/h6-7H,3-5H2,1-2H3,(H2,15,18,19). The number of carbonyl (C=O) groups excluding carboxylic acids is 1. The topological polar surface area (TPSA) is 80.5 Å². The van der Waals surface area contributed by atoms with Crippen LogP contribution in [0, 0.1) is 5.82 Å². The molecule has 0 saturated carbocycles. The number of carbonyl (C=O) groups is 1. The number of unbranched alkanes of at least 4 members (excludes halogenated alkanes) is 1. The highest BCUT2D eigenvalue weighted by Crippen LogP contribution is 2.27. The Morgan fingerprint density at radius 1 is 1.45 bits per heavy atom. The minimum atomic E-state index is -4.11. The van der Waals surface area contributed by atoms with E-state index in [1.807, 2.05) is 6.92 Å². The van der Waals surface area contributed by atoms with E-state index in [-0.39, 0.29) is 10.0 Å². The fraction of sp³-hybridized carbons (Fsp3) is 0.417. The Bertz CT molecular complexity index is 619. The van der Waals surface area contributed by atoms with Gasteiger partial charge < -0.3 is 4.90 Å². The molecule has 0 unspecified atom stereocenters. The Labute approximate surface area is 126 Å². The number of hydrogen-bond acceptors (Lipinski definition) is 3. The third-order valence-electron chi connectivity index (χ3n) is 2.73. The van der Waals surface area contributed by atoms with Crippen molar-refractivity contribution in [3.05, 3.63) is 28.0 Å². The lowest BCUT2D eigenvalue weighted by molar-refractivity contribution is 0.0791. The summed E-state index contributed by atoms with van der Waals surface area (Å²) >= 11 is 3.01. The zero-order valence-corrected chi connectivity index (χ0v) is 13.6. The first kappa shape index (κ1) is 17.1. The van der Waals surface area contributed by atoms with Crippen LogP contribution in [0.1, 0.15) is 30.1 Å². The molecule has 0 aliphatic heterocycles. The number of rotatable bonds is 5. The Kier molecular flexibility index (Phi) is 5.67. The predicted molar refractivity (Wildman–Crippen MR) is 77.3 cm³/mol. The van der Waals surface area contributed by atoms with Crippen molar-refractivity contribution >= 4 is 31.9 Å². The number of nitrogens with zero attached hydrogens (tertiary/aromatic N) is 1. The van der Waals surface area contributed by atoms with Gasteiger partial charge in [0.25, 0.3) is 5.91 Å². The SMILES string of the molecule is CCCCN(C)C(=O)c1cc(F)cc(S(N)(=O)=O)c1Br. The first-order valence-corrected chi connectivity index (χ1v) is 8.29. The minimum absolute atomic E-state index is 0.0188. The molecule has 5 nitrogen and oxygen atoms in total. The lowest BCUT2D eigenvalue weighted by Gasteiger charge is -2.18. The van der Waals surface area contributed by atoms with E-state index in [4.69, 9.17) is 5.14 Å². The molecule has 0 atom stereocenters. The van der Waals surface area contributed by atoms with Gasteiger partial charge in [-0.1, -0.05) is 13.3 Å². The number of halogens is 2. The molecule has 0 aliphatic carbocycles. The summed E-state index contributed by atoms with van der Waals surface area (Å²) < 4.78 is 36.2. The maximum absolute atomic E-state index is 13.5. The van der Waals surface area contributed by atoms with Gasteiger partial charge in [0.1, 0.15) is 5.82 Å². The van der Waals surface area contributed by atoms with Gasteiger partial charge in [-0.2, -0.15) is 0 Å². The highest BCUT2D eigenvalue weighted by Gasteiger charge is 2.23. The maximum Gasteiger partial charge on any atom is 0.254 e. The van der Waals surface area contributed by atoms with Crippen molar-refractivity contribution < 1.29 is 17.6 Å². The summed E-state index contributed by atoms with van der Waals surface area (Å²) in [6.07, 6.45) is 1.71. The summed E-state index contributed by atoms with van der Waals surface area (Å²) in [6.45, 7) is 2.48. The molecule has 20 heavy (non-hydrogen) atoms. The van der Waals surface area contributed by atoms with E-state index in [2.05, 4.69) is 15.9 Å². The molecule has 0 aliphatic rings. The molecule has 0 fully saturated rings. The summed E-state index contributed by atoms with van der Waals surface area (Å²) in [7, 11) is -2.54. The van der Waals surface area contributed by atoms with Gasteiger partial charge in [0.15, 0.2) is 0 Å². The van der Waals surface area contributed by atoms with Crippen molar-refractivity contribution in [2.75, 3.05) is 13.6 Å². The summed E-state index contributed by atoms with van der Waals surface area (Å²) in [4.78, 5) is 13.2. The molecular weight excluding hydrogens is 351 g/mol. The second kappa shape index (κ2) is 6.64. The number of benzene rings is 1. The van der Waals surface area contributed by atoms with Crippen LogP contribution < -0.4 is 5.14 Å². The maximum atomic E-state index is 13.5. The Hall–Kier alpha value is -0.990. The molecule has 0 radical (unpaired) electrons. The fourth-order valence-electron chi connectivity index (χ4n) is 1.63. The summed E-state index contributed by atoms with van der Waals surface area (Å²) in [5, 5.41) is 5.00. The molecular formula is C12H16BrFN2O3S. The van der Waals surface area contributed by atoms with Crippen molar-refractivity contribution in [2.24, 2.45) is 5.14 Å². The highest BCUT2D eigenvalue weighted by atomic mass is 79.9. The van der Waals surface area contributed by atoms with Crippen LogP contribution >= 0.6 is 15.9 Å². The Morgan fingerprint density at radius 2 is 2.05 bits per heavy atom. The number of amides is 1. The van der Waals surface area contributed by atoms with Gasteiger partial charge in [0.05, 0.1) is 14.9 Å². The summed E-state index contributed by atoms with van der Waals surface area (Å²) in [6, 6.07) is 1.77. The molecule has 0 bridgehead atoms. The van der Waals surface area contributed by atoms with Crippen LogP contribution in [0.3, 0.4) is 0 Å². The van der Waals surface area contributed by atoms with Crippen LogP contribution in [0.15, 0.2) is 21.5 Å². The molecule has 1 aromatic carbocycles. The number of nitrogens with two attached hydrogens (primary N) is 1. The van der Waals surface area contributed by atoms with Crippen LogP contribution in [0.2, 0.25) is 0 Å². The van der Waals surface area contributed by atoms with Gasteiger partial charge in [-0.05, 0) is 34.5 Å². The van der Waals surface area contributed by atoms with E-state index in [0.29, 0.717) is 6.54 Å². The smallest absolute Gasteiger partial charge is 0.254 e. The van der Waals surface area contributed by atoms with E-state index < -0.39 is 26.6 Å². The van der Waals surface area contributed by atoms with Crippen molar-refractivity contribution in [3.63, 3.8) is 0 Å². The Morgan fingerprint density at radius 3 is 2.55 bits per heavy atom. The Balaban J connectivity index is 3.26. The van der Waals surface area contributed by atoms with Gasteiger partial charge >= 0.3 is 0 Å². The zero-order chi connectivity index (χ0) is 15.5. The van der Waals surface area contributed by atoms with Gasteiger partial charge in [0.2, 0.25) is 10.0 Å². The predicted octanol–water partition coefficient (Wildman–Crippen LogP) is 2.11. The van der Waals surface area contributed by atoms with Gasteiger partial charge in [0, 0.05) is 13.6 Å². The van der Waals surface area contributed by atoms with E-state index in [9.17, 15) is 17.6 Å². The van der Waals surface area contributed by atoms with Crippen LogP contribution in [-0.2, 0) is 10.0 Å². The quantitative estimate of drug-likeness (QED) is 0.866. The molecule has 0 saturated heterocycles. The number of primary sulfonamides is 1. The van der Waals surface area contributed by atoms with E-state index >= 15 is 0 Å². The van der Waals surface area contributed by atoms with E-state index in [1.54, 1.807) is 7.05 Å². The second-order valence-corrected chi connectivity index (χ2v) is 6.71. The van der Waals surface area contributed by atoms with Crippen LogP contribution in [-0.4, -0.2) is 32.8 Å². The van der Waals surface area contributed by atoms with E-state index in [0.717, 1.165) is 25.0 Å². The van der Waals surface area contributed by atoms with Crippen molar-refractivity contribution in [1.29, 1.82) is 0 Å². The molecule has 1 rings (SSSR count). The first-order chi connectivity index (χ1) is 9.18.